The molecule has 16 heavy (non-hydrogen) atoms. The largest absolute Gasteiger partial charge is 0.463 e. The Morgan fingerprint density at radius 2 is 1.81 bits per heavy atom. The predicted octanol–water partition coefficient (Wildman–Crippen LogP) is 3.84. The van der Waals surface area contributed by atoms with Crippen LogP contribution in [0.1, 0.15) is 32.1 Å². The number of hydrogen-bond acceptors (Lipinski definition) is 2. The van der Waals surface area contributed by atoms with Gasteiger partial charge in [-0.05, 0) is 25.6 Å². The van der Waals surface area contributed by atoms with E-state index < -0.39 is 8.41 Å². The third kappa shape index (κ3) is 11.4. The number of unbranched alkanes of at least 4 members (excludes halogenated alkanes) is 4. The second-order valence-corrected chi connectivity index (χ2v) is 8.55. The highest BCUT2D eigenvalue weighted by atomic mass is 28.4. The van der Waals surface area contributed by atoms with Gasteiger partial charge in [0.15, 0.2) is 0 Å². The van der Waals surface area contributed by atoms with Crippen LogP contribution >= 0.6 is 0 Å². The van der Waals surface area contributed by atoms with Crippen molar-refractivity contribution < 1.29 is 13.6 Å². The molecular weight excluding hydrogens is 223 g/mol. The molecule has 0 unspecified atom stereocenters. The minimum atomic E-state index is -2.33. The second-order valence-electron chi connectivity index (χ2n) is 4.61. The summed E-state index contributed by atoms with van der Waals surface area (Å²) in [7, 11) is -2.33. The van der Waals surface area contributed by atoms with Crippen molar-refractivity contribution in [1.82, 2.24) is 0 Å². The normalized spacial score (nSPS) is 11.2. The minimum Gasteiger partial charge on any atom is -0.463 e. The Morgan fingerprint density at radius 3 is 2.38 bits per heavy atom. The van der Waals surface area contributed by atoms with Crippen LogP contribution in [0.3, 0.4) is 0 Å². The van der Waals surface area contributed by atoms with E-state index in [1.807, 2.05) is 0 Å². The zero-order valence-corrected chi connectivity index (χ0v) is 11.4. The summed E-state index contributed by atoms with van der Waals surface area (Å²) in [5.74, 6) is -0.356. The molecule has 94 valence electrons. The average Bonchev–Trinajstić information content (AvgIpc) is 2.20. The molecule has 0 N–H and O–H groups in total. The van der Waals surface area contributed by atoms with Crippen molar-refractivity contribution in [1.29, 1.82) is 0 Å². The highest BCUT2D eigenvalue weighted by Crippen LogP contribution is 2.16. The van der Waals surface area contributed by atoms with Gasteiger partial charge in [0, 0.05) is 6.08 Å². The van der Waals surface area contributed by atoms with Crippen molar-refractivity contribution in [3.8, 4) is 0 Å². The lowest BCUT2D eigenvalue weighted by Gasteiger charge is -2.09. The van der Waals surface area contributed by atoms with Crippen molar-refractivity contribution in [3.63, 3.8) is 0 Å². The molecule has 0 radical (unpaired) electrons. The number of carbonyl (C=O) groups is 1. The molecule has 0 bridgehead atoms. The Kier molecular flexibility index (Phi) is 8.16. The van der Waals surface area contributed by atoms with Gasteiger partial charge in [0.05, 0.1) is 6.61 Å². The average molecular weight is 246 g/mol. The van der Waals surface area contributed by atoms with Crippen LogP contribution in [0.4, 0.5) is 4.11 Å². The van der Waals surface area contributed by atoms with Gasteiger partial charge in [-0.25, -0.2) is 4.79 Å². The molecule has 0 aromatic heterocycles. The quantitative estimate of drug-likeness (QED) is 0.203. The highest BCUT2D eigenvalue weighted by molar-refractivity contribution is 6.70. The zero-order valence-electron chi connectivity index (χ0n) is 10.4. The molecule has 0 heterocycles. The molecule has 0 aliphatic heterocycles. The number of ether oxygens (including phenoxy) is 1. The van der Waals surface area contributed by atoms with Crippen molar-refractivity contribution in [2.75, 3.05) is 6.61 Å². The number of hydrogen-bond donors (Lipinski definition) is 0. The molecule has 2 nitrogen and oxygen atoms in total. The smallest absolute Gasteiger partial charge is 0.330 e. The summed E-state index contributed by atoms with van der Waals surface area (Å²) < 4.78 is 18.1. The predicted molar refractivity (Wildman–Crippen MR) is 67.6 cm³/mol. The Bertz CT molecular complexity index is 212. The number of rotatable bonds is 9. The molecule has 0 aromatic carbocycles. The molecule has 0 amide bonds. The van der Waals surface area contributed by atoms with E-state index in [0.29, 0.717) is 6.61 Å². The Morgan fingerprint density at radius 1 is 1.25 bits per heavy atom. The van der Waals surface area contributed by atoms with Gasteiger partial charge in [-0.15, -0.1) is 0 Å². The maximum absolute atomic E-state index is 13.2. The maximum atomic E-state index is 13.2. The van der Waals surface area contributed by atoms with E-state index in [4.69, 9.17) is 4.74 Å². The van der Waals surface area contributed by atoms with Gasteiger partial charge in [0.2, 0.25) is 8.41 Å². The summed E-state index contributed by atoms with van der Waals surface area (Å²) in [5, 5.41) is 0. The van der Waals surface area contributed by atoms with Crippen LogP contribution < -0.4 is 0 Å². The molecule has 4 heteroatoms. The van der Waals surface area contributed by atoms with E-state index in [9.17, 15) is 8.90 Å². The molecule has 0 spiro atoms. The van der Waals surface area contributed by atoms with E-state index in [0.717, 1.165) is 38.1 Å². The van der Waals surface area contributed by atoms with Gasteiger partial charge < -0.3 is 8.84 Å². The minimum absolute atomic E-state index is 0.356. The van der Waals surface area contributed by atoms with E-state index in [2.05, 4.69) is 6.58 Å². The first-order valence-corrected chi connectivity index (χ1v) is 9.02. The fourth-order valence-corrected chi connectivity index (χ4v) is 2.50. The summed E-state index contributed by atoms with van der Waals surface area (Å²) in [5.41, 5.74) is 0. The van der Waals surface area contributed by atoms with Crippen LogP contribution in [-0.4, -0.2) is 21.0 Å². The van der Waals surface area contributed by atoms with Gasteiger partial charge in [-0.1, -0.05) is 32.3 Å². The van der Waals surface area contributed by atoms with E-state index >= 15 is 0 Å². The molecule has 0 saturated heterocycles. The standard InChI is InChI=1S/C12H23FO2Si/c1-4-12(14)15-10-8-6-5-7-9-11-16(2,3)13/h4H,1,5-11H2,2-3H3. The van der Waals surface area contributed by atoms with Crippen molar-refractivity contribution >= 4 is 14.4 Å². The summed E-state index contributed by atoms with van der Waals surface area (Å²) in [4.78, 5) is 10.7. The highest BCUT2D eigenvalue weighted by Gasteiger charge is 2.18. The third-order valence-corrected chi connectivity index (χ3v) is 3.87. The Hall–Kier alpha value is -0.643. The zero-order chi connectivity index (χ0) is 12.4. The van der Waals surface area contributed by atoms with Crippen LogP contribution in [0.5, 0.6) is 0 Å². The molecule has 0 aliphatic carbocycles. The summed E-state index contributed by atoms with van der Waals surface area (Å²) in [6.45, 7) is 7.29. The molecule has 0 rings (SSSR count). The SMILES string of the molecule is C=CC(=O)OCCCCCCC[Si](C)(C)F. The van der Waals surface area contributed by atoms with Crippen molar-refractivity contribution in [2.45, 2.75) is 51.2 Å². The fourth-order valence-electron chi connectivity index (χ4n) is 1.41. The van der Waals surface area contributed by atoms with Crippen LogP contribution in [0, 0.1) is 0 Å². The lowest BCUT2D eigenvalue weighted by Crippen LogP contribution is -2.16. The van der Waals surface area contributed by atoms with Crippen molar-refractivity contribution in [3.05, 3.63) is 12.7 Å². The first-order valence-electron chi connectivity index (χ1n) is 5.94. The Labute approximate surface area is 99.1 Å². The van der Waals surface area contributed by atoms with Crippen LogP contribution in [0.25, 0.3) is 0 Å². The molecule has 0 aromatic rings. The maximum Gasteiger partial charge on any atom is 0.330 e. The Balaban J connectivity index is 3.16. The second kappa shape index (κ2) is 8.50. The first-order chi connectivity index (χ1) is 7.45. The topological polar surface area (TPSA) is 26.3 Å². The molecule has 0 aliphatic rings. The third-order valence-electron chi connectivity index (χ3n) is 2.33. The van der Waals surface area contributed by atoms with Gasteiger partial charge >= 0.3 is 5.97 Å². The number of esters is 1. The molecule has 0 atom stereocenters. The van der Waals surface area contributed by atoms with Gasteiger partial charge in [-0.2, -0.15) is 0 Å². The lowest BCUT2D eigenvalue weighted by atomic mass is 10.2. The van der Waals surface area contributed by atoms with E-state index in [1.54, 1.807) is 13.1 Å². The summed E-state index contributed by atoms with van der Waals surface area (Å²) in [6, 6.07) is 0.762. The van der Waals surface area contributed by atoms with Crippen molar-refractivity contribution in [2.24, 2.45) is 0 Å². The van der Waals surface area contributed by atoms with Gasteiger partial charge in [0.1, 0.15) is 0 Å². The summed E-state index contributed by atoms with van der Waals surface area (Å²) in [6.07, 6.45) is 6.26. The number of carbonyl (C=O) groups excluding carboxylic acids is 1. The van der Waals surface area contributed by atoms with E-state index in [1.165, 1.54) is 6.08 Å². The number of halogens is 1. The summed E-state index contributed by atoms with van der Waals surface area (Å²) >= 11 is 0. The molecular formula is C12H23FO2Si. The van der Waals surface area contributed by atoms with Crippen LogP contribution in [-0.2, 0) is 9.53 Å². The van der Waals surface area contributed by atoms with E-state index in [-0.39, 0.29) is 5.97 Å². The van der Waals surface area contributed by atoms with Crippen LogP contribution in [0.2, 0.25) is 19.1 Å². The first kappa shape index (κ1) is 15.4. The van der Waals surface area contributed by atoms with Gasteiger partial charge in [-0.3, -0.25) is 0 Å². The lowest BCUT2D eigenvalue weighted by molar-refractivity contribution is -0.137. The molecule has 0 fully saturated rings. The molecule has 0 saturated carbocycles. The monoisotopic (exact) mass is 246 g/mol. The van der Waals surface area contributed by atoms with Gasteiger partial charge in [0.25, 0.3) is 0 Å². The van der Waals surface area contributed by atoms with Crippen LogP contribution in [0.15, 0.2) is 12.7 Å². The fraction of sp³-hybridized carbons (Fsp3) is 0.750.